The van der Waals surface area contributed by atoms with Crippen molar-refractivity contribution in [2.75, 3.05) is 47.5 Å². The van der Waals surface area contributed by atoms with Crippen LogP contribution >= 0.6 is 0 Å². The van der Waals surface area contributed by atoms with Crippen LogP contribution in [-0.2, 0) is 19.6 Å². The zero-order valence-corrected chi connectivity index (χ0v) is 52.3. The van der Waals surface area contributed by atoms with Crippen molar-refractivity contribution >= 4 is 35.2 Å². The van der Waals surface area contributed by atoms with Crippen molar-refractivity contribution in [3.05, 3.63) is 178 Å². The van der Waals surface area contributed by atoms with Gasteiger partial charge in [-0.1, -0.05) is 18.2 Å². The van der Waals surface area contributed by atoms with Crippen molar-refractivity contribution in [3.8, 4) is 69.0 Å². The number of amides is 3. The highest BCUT2D eigenvalue weighted by Gasteiger charge is 2.36. The molecule has 6 N–H and O–H groups in total. The molecule has 6 aromatic heterocycles. The monoisotopic (exact) mass is 1300 g/mol. The summed E-state index contributed by atoms with van der Waals surface area (Å²) < 4.78 is 48.8. The van der Waals surface area contributed by atoms with Gasteiger partial charge in [-0.15, -0.1) is 0 Å². The van der Waals surface area contributed by atoms with Gasteiger partial charge in [0.25, 0.3) is 17.7 Å². The van der Waals surface area contributed by atoms with Crippen LogP contribution in [0.2, 0.25) is 0 Å². The molecule has 9 aromatic rings. The van der Waals surface area contributed by atoms with Crippen molar-refractivity contribution < 1.29 is 42.9 Å². The molecular formula is C69H63F3N18O6. The van der Waals surface area contributed by atoms with Crippen LogP contribution in [0.25, 0.3) is 50.8 Å². The molecule has 3 saturated heterocycles. The van der Waals surface area contributed by atoms with E-state index in [1.807, 2.05) is 41.3 Å². The summed E-state index contributed by atoms with van der Waals surface area (Å²) >= 11 is 0. The van der Waals surface area contributed by atoms with Gasteiger partial charge in [0.2, 0.25) is 0 Å². The first-order valence-electron chi connectivity index (χ1n) is 31.3. The topological polar surface area (TPSA) is 321 Å². The van der Waals surface area contributed by atoms with E-state index in [0.29, 0.717) is 95.5 Å². The molecule has 3 amide bonds. The van der Waals surface area contributed by atoms with E-state index in [0.717, 1.165) is 31.0 Å². The molecule has 12 heterocycles. The lowest BCUT2D eigenvalue weighted by atomic mass is 9.95. The van der Waals surface area contributed by atoms with Gasteiger partial charge >= 0.3 is 0 Å². The number of rotatable bonds is 10. The van der Waals surface area contributed by atoms with Crippen molar-refractivity contribution in [1.82, 2.24) is 60.2 Å². The minimum Gasteiger partial charge on any atom is -0.396 e. The molecule has 0 spiro atoms. The van der Waals surface area contributed by atoms with Gasteiger partial charge in [0.1, 0.15) is 17.5 Å². The van der Waals surface area contributed by atoms with E-state index >= 15 is 0 Å². The molecule has 24 nitrogen and oxygen atoms in total. The predicted octanol–water partition coefficient (Wildman–Crippen LogP) is 7.47. The van der Waals surface area contributed by atoms with Gasteiger partial charge in [0.05, 0.1) is 151 Å². The summed E-state index contributed by atoms with van der Waals surface area (Å²) in [5, 5.41) is 80.5. The van der Waals surface area contributed by atoms with Gasteiger partial charge in [-0.25, -0.2) is 42.2 Å². The van der Waals surface area contributed by atoms with Crippen LogP contribution in [0.3, 0.4) is 0 Å². The average molecular weight is 1300 g/mol. The number of fused-ring (bicyclic) bond motifs is 3. The number of aromatic nitrogens is 9. The third-order valence-corrected chi connectivity index (χ3v) is 18.1. The highest BCUT2D eigenvalue weighted by molar-refractivity contribution is 6.03. The van der Waals surface area contributed by atoms with Gasteiger partial charge in [-0.2, -0.15) is 31.1 Å². The van der Waals surface area contributed by atoms with Crippen molar-refractivity contribution in [1.29, 1.82) is 15.8 Å². The molecule has 6 aliphatic rings. The summed E-state index contributed by atoms with van der Waals surface area (Å²) in [7, 11) is 0. The van der Waals surface area contributed by atoms with E-state index in [1.54, 1.807) is 57.8 Å². The van der Waals surface area contributed by atoms with Crippen LogP contribution in [0.15, 0.2) is 110 Å². The number of anilines is 3. The van der Waals surface area contributed by atoms with Crippen molar-refractivity contribution in [3.63, 3.8) is 0 Å². The number of halogens is 3. The van der Waals surface area contributed by atoms with Crippen molar-refractivity contribution in [2.24, 2.45) is 5.92 Å². The zero-order valence-electron chi connectivity index (χ0n) is 52.3. The number of pyridine rings is 3. The molecule has 3 fully saturated rings. The number of carbonyl (C=O) groups is 3. The Kier molecular flexibility index (Phi) is 17.1. The molecule has 0 saturated carbocycles. The number of aliphatic hydroxyl groups excluding tert-OH is 2. The number of β-amino-alcohol motifs (C(OH)–C–C–N with tert-alkyl or cyclic N) is 1. The lowest BCUT2D eigenvalue weighted by molar-refractivity contribution is 0.0838. The third kappa shape index (κ3) is 12.1. The number of piperidine rings is 2. The van der Waals surface area contributed by atoms with Crippen LogP contribution in [-0.4, -0.2) is 134 Å². The van der Waals surface area contributed by atoms with E-state index in [2.05, 4.69) is 64.7 Å². The Labute approximate surface area is 548 Å². The third-order valence-electron chi connectivity index (χ3n) is 18.1. The maximum Gasteiger partial charge on any atom is 0.255 e. The van der Waals surface area contributed by atoms with Crippen LogP contribution in [0.4, 0.5) is 30.6 Å². The lowest BCUT2D eigenvalue weighted by Gasteiger charge is -2.41. The van der Waals surface area contributed by atoms with E-state index in [4.69, 9.17) is 5.10 Å². The second-order valence-electron chi connectivity index (χ2n) is 24.8. The van der Waals surface area contributed by atoms with Gasteiger partial charge in [0, 0.05) is 81.7 Å². The fourth-order valence-corrected chi connectivity index (χ4v) is 13.6. The molecule has 4 atom stereocenters. The highest BCUT2D eigenvalue weighted by Crippen LogP contribution is 2.37. The number of nitriles is 3. The van der Waals surface area contributed by atoms with Crippen LogP contribution < -0.4 is 30.7 Å². The van der Waals surface area contributed by atoms with Gasteiger partial charge in [-0.05, 0) is 113 Å². The summed E-state index contributed by atoms with van der Waals surface area (Å²) in [4.78, 5) is 57.3. The molecule has 96 heavy (non-hydrogen) atoms. The molecular weight excluding hydrogens is 1230 g/mol. The molecule has 3 aromatic carbocycles. The molecule has 15 rings (SSSR count). The summed E-state index contributed by atoms with van der Waals surface area (Å²) in [6, 6.07) is 29.5. The standard InChI is InChI=1S/C24H23FN6O2.C23H21FN6O2.C22H19FN6O2/c1-13-8-16(32)9-14(2)31(13)21-6-7-30(29-21)20-10-18(28-19-12-27-24(33)23(19)20)22-15(11-26)4-3-5-17(22)25;24-16-5-1-4-15(10-25)21(16)17-9-19(22-18(27-17)11-26-23(22)32)30-8-6-20(28-30)29-7-2-3-14(12-29)13-31;1-22(31)6-8-28(12-22)18-5-7-29(27-18)17-9-15(26-16-11-25-21(30)20(16)17)19-13(10-24)3-2-4-14(19)23/h3-7,10,13-14,16,32H,8-9,12H2,1-2H3,(H,27,33);1,4-6,8-9,14,31H,2-3,7,11-13H2,(H,26,32);2-5,7,9,31H,6,8,11-12H2,1H3,(H,25,30). The first-order valence-corrected chi connectivity index (χ1v) is 31.3. The molecule has 486 valence electrons. The maximum absolute atomic E-state index is 14.7. The molecule has 0 bridgehead atoms. The van der Waals surface area contributed by atoms with E-state index < -0.39 is 23.1 Å². The first-order chi connectivity index (χ1) is 46.3. The van der Waals surface area contributed by atoms with Crippen LogP contribution in [0, 0.1) is 57.4 Å². The number of carbonyl (C=O) groups excluding carboxylic acids is 3. The highest BCUT2D eigenvalue weighted by atomic mass is 19.1. The van der Waals surface area contributed by atoms with E-state index in [1.165, 1.54) is 54.6 Å². The fourth-order valence-electron chi connectivity index (χ4n) is 13.6. The zero-order chi connectivity index (χ0) is 67.3. The van der Waals surface area contributed by atoms with Gasteiger partial charge < -0.3 is 46.0 Å². The molecule has 4 unspecified atom stereocenters. The van der Waals surface area contributed by atoms with Crippen LogP contribution in [0.5, 0.6) is 0 Å². The second kappa shape index (κ2) is 25.9. The summed E-state index contributed by atoms with van der Waals surface area (Å²) in [6.07, 6.45) is 8.81. The lowest BCUT2D eigenvalue weighted by Crippen LogP contribution is -2.48. The fraction of sp³-hybridized carbons (Fsp3) is 0.304. The van der Waals surface area contributed by atoms with Crippen molar-refractivity contribution in [2.45, 2.75) is 96.3 Å². The first kappa shape index (κ1) is 63.4. The number of nitrogens with zero attached hydrogens (tertiary/aromatic N) is 15. The van der Waals surface area contributed by atoms with Gasteiger partial charge in [-0.3, -0.25) is 14.4 Å². The van der Waals surface area contributed by atoms with E-state index in [9.17, 15) is 58.7 Å². The number of aliphatic hydroxyl groups is 3. The largest absolute Gasteiger partial charge is 0.396 e. The summed E-state index contributed by atoms with van der Waals surface area (Å²) in [5.41, 5.74) is 4.87. The minimum atomic E-state index is -0.771. The summed E-state index contributed by atoms with van der Waals surface area (Å²) in [5.74, 6) is -0.118. The Morgan fingerprint density at radius 2 is 0.969 bits per heavy atom. The second-order valence-corrected chi connectivity index (χ2v) is 24.8. The number of hydrogen-bond donors (Lipinski definition) is 6. The van der Waals surface area contributed by atoms with Gasteiger partial charge in [0.15, 0.2) is 17.5 Å². The quantitative estimate of drug-likeness (QED) is 0.0773. The molecule has 0 aliphatic carbocycles. The molecule has 6 aliphatic heterocycles. The molecule has 0 radical (unpaired) electrons. The summed E-state index contributed by atoms with van der Waals surface area (Å²) in [6.45, 7) is 9.39. The Morgan fingerprint density at radius 1 is 0.573 bits per heavy atom. The number of benzene rings is 3. The maximum atomic E-state index is 14.7. The normalized spacial score (nSPS) is 19.9. The SMILES string of the molecule is CC1(O)CCN(c2ccn(-c3cc(-c4c(F)cccc4C#N)nc4c3C(=O)NC4)n2)C1.CC1CC(O)CC(C)N1c1ccn(-c2cc(-c3c(F)cccc3C#N)nc3c2C(=O)NC3)n1.N#Cc1cccc(F)c1-c1cc(-n2ccc(N3CCCC(CO)C3)n2)c2c(n1)CNC2=O. The Balaban J connectivity index is 0.000000130. The number of hydrogen-bond acceptors (Lipinski definition) is 18. The Hall–Kier alpha value is -11.3. The molecule has 27 heteroatoms. The minimum absolute atomic E-state index is 0.0939. The number of nitrogens with one attached hydrogen (secondary N) is 3. The van der Waals surface area contributed by atoms with Crippen LogP contribution in [0.1, 0.15) is 118 Å². The Morgan fingerprint density at radius 3 is 1.35 bits per heavy atom. The smallest absolute Gasteiger partial charge is 0.255 e. The van der Waals surface area contributed by atoms with E-state index in [-0.39, 0.29) is 119 Å². The predicted molar refractivity (Wildman–Crippen MR) is 344 cm³/mol. The average Bonchev–Trinajstić information content (AvgIpc) is 1.74. The Bertz CT molecular complexity index is 4720.